The van der Waals surface area contributed by atoms with Crippen LogP contribution in [-0.4, -0.2) is 25.1 Å². The Labute approximate surface area is 113 Å². The third-order valence-electron chi connectivity index (χ3n) is 4.10. The molecule has 5 heteroatoms. The second kappa shape index (κ2) is 5.17. The summed E-state index contributed by atoms with van der Waals surface area (Å²) < 4.78 is 4.31. The summed E-state index contributed by atoms with van der Waals surface area (Å²) in [6, 6.07) is 1.29. The van der Waals surface area contributed by atoms with E-state index < -0.39 is 0 Å². The first kappa shape index (κ1) is 12.4. The topological polar surface area (TPSA) is 47.7 Å². The van der Waals surface area contributed by atoms with Gasteiger partial charge in [-0.2, -0.15) is 0 Å². The Balaban J connectivity index is 1.71. The Morgan fingerprint density at radius 2 is 2.21 bits per heavy atom. The lowest BCUT2D eigenvalue weighted by Crippen LogP contribution is -2.36. The molecule has 1 fully saturated rings. The third-order valence-corrected chi connectivity index (χ3v) is 4.10. The van der Waals surface area contributed by atoms with Crippen LogP contribution in [0.2, 0.25) is 0 Å². The fourth-order valence-corrected chi connectivity index (χ4v) is 3.15. The molecule has 0 amide bonds. The summed E-state index contributed by atoms with van der Waals surface area (Å²) in [4.78, 5) is 8.59. The Hall–Kier alpha value is -1.62. The molecule has 0 saturated heterocycles. The van der Waals surface area contributed by atoms with Gasteiger partial charge in [0, 0.05) is 43.9 Å². The molecular weight excluding hydrogens is 238 g/mol. The van der Waals surface area contributed by atoms with Crippen LogP contribution in [0, 0.1) is 0 Å². The van der Waals surface area contributed by atoms with Crippen molar-refractivity contribution < 1.29 is 0 Å². The number of hydrogen-bond donors (Lipinski definition) is 1. The molecule has 2 aromatic heterocycles. The summed E-state index contributed by atoms with van der Waals surface area (Å²) in [6.07, 6.45) is 13.4. The minimum absolute atomic E-state index is 0.272. The van der Waals surface area contributed by atoms with Gasteiger partial charge in [0.15, 0.2) is 0 Å². The van der Waals surface area contributed by atoms with Gasteiger partial charge >= 0.3 is 0 Å². The van der Waals surface area contributed by atoms with Crippen LogP contribution in [0.1, 0.15) is 44.1 Å². The average molecular weight is 259 g/mol. The molecule has 1 N–H and O–H groups in total. The number of aryl methyl sites for hydroxylation is 1. The molecule has 0 spiro atoms. The molecule has 2 aromatic rings. The molecule has 3 rings (SSSR count). The van der Waals surface area contributed by atoms with Crippen molar-refractivity contribution in [2.24, 2.45) is 7.05 Å². The van der Waals surface area contributed by atoms with Crippen molar-refractivity contribution >= 4 is 0 Å². The first-order valence-electron chi connectivity index (χ1n) is 6.96. The van der Waals surface area contributed by atoms with Crippen LogP contribution in [0.3, 0.4) is 0 Å². The smallest absolute Gasteiger partial charge is 0.125 e. The summed E-state index contributed by atoms with van der Waals surface area (Å²) in [5.41, 5.74) is 0. The minimum atomic E-state index is 0.272. The highest BCUT2D eigenvalue weighted by Gasteiger charge is 2.30. The Kier molecular flexibility index (Phi) is 3.38. The molecule has 1 aliphatic rings. The maximum atomic E-state index is 4.43. The van der Waals surface area contributed by atoms with Crippen LogP contribution in [0.5, 0.6) is 0 Å². The van der Waals surface area contributed by atoms with E-state index in [1.54, 1.807) is 0 Å². The molecule has 0 aliphatic heterocycles. The van der Waals surface area contributed by atoms with Gasteiger partial charge in [0.1, 0.15) is 5.82 Å². The molecule has 102 valence electrons. The zero-order valence-electron chi connectivity index (χ0n) is 11.5. The zero-order chi connectivity index (χ0) is 13.2. The monoisotopic (exact) mass is 259 g/mol. The van der Waals surface area contributed by atoms with E-state index in [9.17, 15) is 0 Å². The van der Waals surface area contributed by atoms with Crippen molar-refractivity contribution in [3.05, 3.63) is 36.9 Å². The van der Waals surface area contributed by atoms with Gasteiger partial charge in [-0.15, -0.1) is 0 Å². The van der Waals surface area contributed by atoms with Crippen molar-refractivity contribution in [3.8, 4) is 0 Å². The standard InChI is InChI=1S/C14H21N5/c1-11(14-16-7-8-18(14)2)17-12-4-3-5-13(12)19-9-6-15-10-19/h6-13,17H,3-5H2,1-2H3. The average Bonchev–Trinajstić information content (AvgIpc) is 3.07. The van der Waals surface area contributed by atoms with E-state index in [0.29, 0.717) is 12.1 Å². The van der Waals surface area contributed by atoms with E-state index in [2.05, 4.69) is 37.5 Å². The summed E-state index contributed by atoms with van der Waals surface area (Å²) in [7, 11) is 2.04. The van der Waals surface area contributed by atoms with Crippen molar-refractivity contribution in [1.29, 1.82) is 0 Å². The second-order valence-electron chi connectivity index (χ2n) is 5.40. The zero-order valence-corrected chi connectivity index (χ0v) is 11.5. The molecule has 0 radical (unpaired) electrons. The van der Waals surface area contributed by atoms with Crippen molar-refractivity contribution in [3.63, 3.8) is 0 Å². The summed E-state index contributed by atoms with van der Waals surface area (Å²) in [5.74, 6) is 1.09. The van der Waals surface area contributed by atoms with Gasteiger partial charge in [0.2, 0.25) is 0 Å². The Morgan fingerprint density at radius 1 is 1.32 bits per heavy atom. The van der Waals surface area contributed by atoms with E-state index >= 15 is 0 Å². The SMILES string of the molecule is CC(NC1CCCC1n1ccnc1)c1nccn1C. The van der Waals surface area contributed by atoms with Crippen LogP contribution in [0.15, 0.2) is 31.1 Å². The van der Waals surface area contributed by atoms with Crippen molar-refractivity contribution in [1.82, 2.24) is 24.4 Å². The van der Waals surface area contributed by atoms with Crippen LogP contribution >= 0.6 is 0 Å². The molecular formula is C14H21N5. The van der Waals surface area contributed by atoms with Crippen LogP contribution in [0.25, 0.3) is 0 Å². The third kappa shape index (κ3) is 2.42. The number of hydrogen-bond acceptors (Lipinski definition) is 3. The maximum absolute atomic E-state index is 4.43. The van der Waals surface area contributed by atoms with Gasteiger partial charge in [-0.25, -0.2) is 9.97 Å². The molecule has 3 atom stereocenters. The second-order valence-corrected chi connectivity index (χ2v) is 5.40. The normalized spacial score (nSPS) is 24.7. The summed E-state index contributed by atoms with van der Waals surface area (Å²) >= 11 is 0. The van der Waals surface area contributed by atoms with Gasteiger partial charge < -0.3 is 14.5 Å². The number of aromatic nitrogens is 4. The number of nitrogens with one attached hydrogen (secondary N) is 1. The van der Waals surface area contributed by atoms with Crippen molar-refractivity contribution in [2.45, 2.75) is 44.3 Å². The van der Waals surface area contributed by atoms with Gasteiger partial charge in [-0.05, 0) is 26.2 Å². The predicted octanol–water partition coefficient (Wildman–Crippen LogP) is 2.06. The first-order valence-corrected chi connectivity index (χ1v) is 6.96. The highest BCUT2D eigenvalue weighted by Crippen LogP contribution is 2.31. The summed E-state index contributed by atoms with van der Waals surface area (Å²) in [5, 5.41) is 3.73. The van der Waals surface area contributed by atoms with E-state index in [0.717, 1.165) is 5.82 Å². The quantitative estimate of drug-likeness (QED) is 0.914. The molecule has 2 heterocycles. The number of nitrogens with zero attached hydrogens (tertiary/aromatic N) is 4. The minimum Gasteiger partial charge on any atom is -0.337 e. The highest BCUT2D eigenvalue weighted by atomic mass is 15.1. The lowest BCUT2D eigenvalue weighted by molar-refractivity contribution is 0.354. The molecule has 5 nitrogen and oxygen atoms in total. The summed E-state index contributed by atoms with van der Waals surface area (Å²) in [6.45, 7) is 2.19. The van der Waals surface area contributed by atoms with Crippen molar-refractivity contribution in [2.75, 3.05) is 0 Å². The fourth-order valence-electron chi connectivity index (χ4n) is 3.15. The molecule has 3 unspecified atom stereocenters. The van der Waals surface area contributed by atoms with Gasteiger partial charge in [0.25, 0.3) is 0 Å². The Bertz CT molecular complexity index is 516. The molecule has 1 saturated carbocycles. The fraction of sp³-hybridized carbons (Fsp3) is 0.571. The largest absolute Gasteiger partial charge is 0.337 e. The highest BCUT2D eigenvalue weighted by molar-refractivity contribution is 5.00. The van der Waals surface area contributed by atoms with E-state index in [1.807, 2.05) is 32.0 Å². The Morgan fingerprint density at radius 3 is 2.89 bits per heavy atom. The van der Waals surface area contributed by atoms with Gasteiger partial charge in [0.05, 0.1) is 12.4 Å². The number of imidazole rings is 2. The maximum Gasteiger partial charge on any atom is 0.125 e. The molecule has 0 aromatic carbocycles. The molecule has 1 aliphatic carbocycles. The van der Waals surface area contributed by atoms with Crippen LogP contribution < -0.4 is 5.32 Å². The van der Waals surface area contributed by atoms with E-state index in [1.165, 1.54) is 19.3 Å². The predicted molar refractivity (Wildman–Crippen MR) is 73.7 cm³/mol. The number of rotatable bonds is 4. The van der Waals surface area contributed by atoms with E-state index in [4.69, 9.17) is 0 Å². The first-order chi connectivity index (χ1) is 9.25. The lowest BCUT2D eigenvalue weighted by Gasteiger charge is -2.25. The lowest BCUT2D eigenvalue weighted by atomic mass is 10.1. The van der Waals surface area contributed by atoms with Crippen LogP contribution in [-0.2, 0) is 7.05 Å². The van der Waals surface area contributed by atoms with Gasteiger partial charge in [-0.3, -0.25) is 0 Å². The molecule has 19 heavy (non-hydrogen) atoms. The molecule has 0 bridgehead atoms. The van der Waals surface area contributed by atoms with Crippen LogP contribution in [0.4, 0.5) is 0 Å². The van der Waals surface area contributed by atoms with E-state index in [-0.39, 0.29) is 6.04 Å². The van der Waals surface area contributed by atoms with Gasteiger partial charge in [-0.1, -0.05) is 0 Å².